The Labute approximate surface area is 197 Å². The van der Waals surface area contributed by atoms with Gasteiger partial charge in [0.15, 0.2) is 0 Å². The lowest BCUT2D eigenvalue weighted by molar-refractivity contribution is -0.145. The van der Waals surface area contributed by atoms with Crippen molar-refractivity contribution in [1.29, 1.82) is 0 Å². The SMILES string of the molecule is COC(=O)[C@H](CCCCN)NC(=O)CCNC(=O)[C@H](CCC(N)=O)NC(=O)[C@@H](N)CCC(=O)O. The molecule has 0 saturated carbocycles. The van der Waals surface area contributed by atoms with Gasteiger partial charge in [0.05, 0.1) is 13.2 Å². The molecular formula is C20H36N6O8. The molecule has 0 aromatic carbocycles. The number of ether oxygens (including phenoxy) is 1. The minimum atomic E-state index is -1.17. The van der Waals surface area contributed by atoms with Gasteiger partial charge in [-0.25, -0.2) is 4.79 Å². The number of unbranched alkanes of at least 4 members (excludes halogenated alkanes) is 1. The molecule has 10 N–H and O–H groups in total. The van der Waals surface area contributed by atoms with Crippen molar-refractivity contribution in [2.45, 2.75) is 69.5 Å². The second-order valence-corrected chi connectivity index (χ2v) is 7.57. The molecule has 14 heteroatoms. The van der Waals surface area contributed by atoms with Crippen LogP contribution in [0.25, 0.3) is 0 Å². The van der Waals surface area contributed by atoms with E-state index in [2.05, 4.69) is 20.7 Å². The Bertz CT molecular complexity index is 717. The highest BCUT2D eigenvalue weighted by Crippen LogP contribution is 2.04. The molecule has 14 nitrogen and oxygen atoms in total. The number of nitrogens with one attached hydrogen (secondary N) is 3. The number of esters is 1. The lowest BCUT2D eigenvalue weighted by Gasteiger charge is -2.20. The van der Waals surface area contributed by atoms with Crippen molar-refractivity contribution in [2.75, 3.05) is 20.2 Å². The average Bonchev–Trinajstić information content (AvgIpc) is 2.78. The van der Waals surface area contributed by atoms with Crippen LogP contribution in [0.4, 0.5) is 0 Å². The molecule has 0 bridgehead atoms. The Morgan fingerprint density at radius 1 is 0.882 bits per heavy atom. The van der Waals surface area contributed by atoms with Crippen LogP contribution < -0.4 is 33.2 Å². The van der Waals surface area contributed by atoms with Crippen molar-refractivity contribution in [1.82, 2.24) is 16.0 Å². The van der Waals surface area contributed by atoms with Gasteiger partial charge in [0, 0.05) is 25.8 Å². The van der Waals surface area contributed by atoms with Crippen LogP contribution in [0.1, 0.15) is 51.4 Å². The van der Waals surface area contributed by atoms with Crippen LogP contribution in [0.3, 0.4) is 0 Å². The summed E-state index contributed by atoms with van der Waals surface area (Å²) >= 11 is 0. The smallest absolute Gasteiger partial charge is 0.328 e. The topological polar surface area (TPSA) is 246 Å². The third-order valence-corrected chi connectivity index (χ3v) is 4.74. The summed E-state index contributed by atoms with van der Waals surface area (Å²) in [6, 6.07) is -3.17. The third kappa shape index (κ3) is 14.0. The van der Waals surface area contributed by atoms with E-state index in [1.54, 1.807) is 0 Å². The van der Waals surface area contributed by atoms with E-state index in [1.807, 2.05) is 0 Å². The summed E-state index contributed by atoms with van der Waals surface area (Å²) in [6.07, 6.45) is 0.693. The van der Waals surface area contributed by atoms with Crippen LogP contribution in [0, 0.1) is 0 Å². The van der Waals surface area contributed by atoms with E-state index in [1.165, 1.54) is 7.11 Å². The summed E-state index contributed by atoms with van der Waals surface area (Å²) in [6.45, 7) is 0.334. The molecule has 0 aliphatic carbocycles. The van der Waals surface area contributed by atoms with Gasteiger partial charge in [-0.2, -0.15) is 0 Å². The van der Waals surface area contributed by atoms with Gasteiger partial charge in [-0.1, -0.05) is 0 Å². The van der Waals surface area contributed by atoms with Crippen molar-refractivity contribution in [3.63, 3.8) is 0 Å². The number of primary amides is 1. The molecule has 0 fully saturated rings. The summed E-state index contributed by atoms with van der Waals surface area (Å²) < 4.78 is 4.68. The highest BCUT2D eigenvalue weighted by molar-refractivity contribution is 5.90. The standard InChI is InChI=1S/C20H36N6O8/c1-34-20(33)14(4-2-3-10-21)25-16(28)9-11-24-19(32)13(6-7-15(23)27)26-18(31)12(22)5-8-17(29)30/h12-14H,2-11,21-22H2,1H3,(H2,23,27)(H,24,32)(H,25,28)(H,26,31)(H,29,30)/t12-,13-,14-/m0/s1. The molecule has 0 radical (unpaired) electrons. The minimum Gasteiger partial charge on any atom is -0.481 e. The van der Waals surface area contributed by atoms with Gasteiger partial charge in [-0.3, -0.25) is 24.0 Å². The van der Waals surface area contributed by atoms with Gasteiger partial charge in [0.25, 0.3) is 0 Å². The first-order valence-electron chi connectivity index (χ1n) is 10.9. The molecule has 194 valence electrons. The molecule has 0 saturated heterocycles. The minimum absolute atomic E-state index is 0.115. The van der Waals surface area contributed by atoms with Crippen LogP contribution in [0.5, 0.6) is 0 Å². The van der Waals surface area contributed by atoms with Crippen molar-refractivity contribution < 1.29 is 38.6 Å². The Hall–Kier alpha value is -3.26. The number of amides is 4. The fourth-order valence-corrected chi connectivity index (χ4v) is 2.82. The number of nitrogens with two attached hydrogens (primary N) is 3. The first kappa shape index (κ1) is 30.7. The Morgan fingerprint density at radius 2 is 1.56 bits per heavy atom. The fourth-order valence-electron chi connectivity index (χ4n) is 2.82. The van der Waals surface area contributed by atoms with E-state index < -0.39 is 53.7 Å². The summed E-state index contributed by atoms with van der Waals surface area (Å²) in [7, 11) is 1.21. The van der Waals surface area contributed by atoms with Crippen LogP contribution in [-0.2, 0) is 33.5 Å². The number of hydrogen-bond acceptors (Lipinski definition) is 9. The van der Waals surface area contributed by atoms with Crippen molar-refractivity contribution in [3.05, 3.63) is 0 Å². The molecule has 0 aliphatic rings. The van der Waals surface area contributed by atoms with E-state index in [0.29, 0.717) is 25.8 Å². The quantitative estimate of drug-likeness (QED) is 0.0772. The molecule has 0 heterocycles. The van der Waals surface area contributed by atoms with E-state index in [0.717, 1.165) is 0 Å². The van der Waals surface area contributed by atoms with E-state index in [4.69, 9.17) is 22.3 Å². The zero-order chi connectivity index (χ0) is 26.1. The van der Waals surface area contributed by atoms with Gasteiger partial charge >= 0.3 is 11.9 Å². The number of hydrogen-bond donors (Lipinski definition) is 7. The number of rotatable bonds is 18. The Morgan fingerprint density at radius 3 is 2.12 bits per heavy atom. The monoisotopic (exact) mass is 488 g/mol. The number of carbonyl (C=O) groups excluding carboxylic acids is 5. The van der Waals surface area contributed by atoms with Crippen molar-refractivity contribution in [3.8, 4) is 0 Å². The first-order chi connectivity index (χ1) is 16.0. The van der Waals surface area contributed by atoms with E-state index >= 15 is 0 Å². The largest absolute Gasteiger partial charge is 0.481 e. The number of carbonyl (C=O) groups is 6. The second-order valence-electron chi connectivity index (χ2n) is 7.57. The predicted octanol–water partition coefficient (Wildman–Crippen LogP) is -2.78. The Kier molecular flexibility index (Phi) is 15.6. The third-order valence-electron chi connectivity index (χ3n) is 4.74. The van der Waals surface area contributed by atoms with Crippen molar-refractivity contribution in [2.24, 2.45) is 17.2 Å². The lowest BCUT2D eigenvalue weighted by Crippen LogP contribution is -2.52. The molecule has 0 unspecified atom stereocenters. The number of methoxy groups -OCH3 is 1. The van der Waals surface area contributed by atoms with Gasteiger partial charge in [-0.05, 0) is 38.6 Å². The van der Waals surface area contributed by atoms with Crippen molar-refractivity contribution >= 4 is 35.6 Å². The van der Waals surface area contributed by atoms with E-state index in [-0.39, 0.29) is 38.6 Å². The highest BCUT2D eigenvalue weighted by Gasteiger charge is 2.25. The lowest BCUT2D eigenvalue weighted by atomic mass is 10.1. The highest BCUT2D eigenvalue weighted by atomic mass is 16.5. The molecule has 0 aromatic rings. The van der Waals surface area contributed by atoms with Crippen LogP contribution >= 0.6 is 0 Å². The molecule has 4 amide bonds. The number of aliphatic carboxylic acids is 1. The molecule has 0 spiro atoms. The number of carboxylic acids is 1. The molecule has 0 aromatic heterocycles. The molecule has 34 heavy (non-hydrogen) atoms. The zero-order valence-corrected chi connectivity index (χ0v) is 19.3. The average molecular weight is 489 g/mol. The molecule has 0 aliphatic heterocycles. The summed E-state index contributed by atoms with van der Waals surface area (Å²) in [5.74, 6) is -4.36. The zero-order valence-electron chi connectivity index (χ0n) is 19.3. The first-order valence-corrected chi connectivity index (χ1v) is 10.9. The fraction of sp³-hybridized carbons (Fsp3) is 0.700. The summed E-state index contributed by atoms with van der Waals surface area (Å²) in [5, 5.41) is 16.1. The van der Waals surface area contributed by atoms with Crippen LogP contribution in [0.15, 0.2) is 0 Å². The maximum atomic E-state index is 12.5. The Balaban J connectivity index is 4.80. The van der Waals surface area contributed by atoms with Gasteiger partial charge in [-0.15, -0.1) is 0 Å². The predicted molar refractivity (Wildman–Crippen MR) is 120 cm³/mol. The van der Waals surface area contributed by atoms with Gasteiger partial charge in [0.2, 0.25) is 23.6 Å². The maximum Gasteiger partial charge on any atom is 0.328 e. The maximum absolute atomic E-state index is 12.5. The van der Waals surface area contributed by atoms with Gasteiger partial charge < -0.3 is 43.0 Å². The summed E-state index contributed by atoms with van der Waals surface area (Å²) in [5.41, 5.74) is 16.2. The van der Waals surface area contributed by atoms with E-state index in [9.17, 15) is 28.8 Å². The number of carboxylic acid groups (broad SMARTS) is 1. The summed E-state index contributed by atoms with van der Waals surface area (Å²) in [4.78, 5) is 70.4. The molecule has 0 rings (SSSR count). The van der Waals surface area contributed by atoms with Crippen LogP contribution in [0.2, 0.25) is 0 Å². The second kappa shape index (κ2) is 17.2. The normalized spacial score (nSPS) is 13.1. The van der Waals surface area contributed by atoms with Crippen LogP contribution in [-0.4, -0.2) is 79.0 Å². The molecule has 3 atom stereocenters. The molecular weight excluding hydrogens is 452 g/mol. The van der Waals surface area contributed by atoms with Gasteiger partial charge in [0.1, 0.15) is 12.1 Å².